The maximum absolute atomic E-state index is 14.4. The van der Waals surface area contributed by atoms with Crippen molar-refractivity contribution in [2.75, 3.05) is 24.7 Å². The van der Waals surface area contributed by atoms with Crippen LogP contribution in [0.25, 0.3) is 55.7 Å². The number of benzene rings is 3. The second-order valence-electron chi connectivity index (χ2n) is 9.99. The molecule has 0 fully saturated rings. The normalized spacial score (nSPS) is 11.8. The molecule has 224 valence electrons. The second-order valence-corrected chi connectivity index (χ2v) is 12.0. The van der Waals surface area contributed by atoms with Crippen molar-refractivity contribution in [2.45, 2.75) is 0 Å². The highest BCUT2D eigenvalue weighted by atomic mass is 32.2. The summed E-state index contributed by atoms with van der Waals surface area (Å²) >= 11 is 0. The Kier molecular flexibility index (Phi) is 6.80. The molecule has 0 bridgehead atoms. The Morgan fingerprint density at radius 3 is 2.39 bits per heavy atom. The monoisotopic (exact) mass is 621 g/mol. The standard InChI is InChI=1S/C30H22F3N5O5S/c1-34-30(40)26-19-10-16(23-12-18(29(39)37-36-23)22-11-17-21(35-22)9-8-20(32)27(17)33)24(38(2)44(3,41)42)13-25(19)43-28(26)14-4-6-15(31)7-5-14/h4-13,35H,1-3H3,(H,34,40)(H,37,39). The van der Waals surface area contributed by atoms with E-state index >= 15 is 0 Å². The van der Waals surface area contributed by atoms with Gasteiger partial charge in [0, 0.05) is 47.6 Å². The van der Waals surface area contributed by atoms with E-state index < -0.39 is 38.9 Å². The molecule has 3 heterocycles. The molecule has 6 aromatic rings. The van der Waals surface area contributed by atoms with E-state index in [0.29, 0.717) is 5.56 Å². The Balaban J connectivity index is 1.63. The molecular formula is C30H22F3N5O5S. The number of hydrogen-bond donors (Lipinski definition) is 3. The number of carbonyl (C=O) groups excluding carboxylic acids is 1. The predicted octanol–water partition coefficient (Wildman–Crippen LogP) is 5.17. The first-order chi connectivity index (χ1) is 20.9. The highest BCUT2D eigenvalue weighted by molar-refractivity contribution is 7.92. The summed E-state index contributed by atoms with van der Waals surface area (Å²) in [5, 5.41) is 9.28. The van der Waals surface area contributed by atoms with E-state index in [1.807, 2.05) is 0 Å². The summed E-state index contributed by atoms with van der Waals surface area (Å²) in [4.78, 5) is 28.9. The minimum Gasteiger partial charge on any atom is -0.455 e. The van der Waals surface area contributed by atoms with Crippen LogP contribution in [-0.2, 0) is 10.0 Å². The molecule has 3 N–H and O–H groups in total. The lowest BCUT2D eigenvalue weighted by Crippen LogP contribution is -2.25. The van der Waals surface area contributed by atoms with Crippen molar-refractivity contribution < 1.29 is 30.8 Å². The zero-order valence-corrected chi connectivity index (χ0v) is 24.1. The number of nitrogens with zero attached hydrogens (tertiary/aromatic N) is 2. The zero-order chi connectivity index (χ0) is 31.5. The molecule has 14 heteroatoms. The van der Waals surface area contributed by atoms with Gasteiger partial charge in [-0.05, 0) is 54.6 Å². The van der Waals surface area contributed by atoms with Crippen LogP contribution in [0, 0.1) is 17.5 Å². The van der Waals surface area contributed by atoms with Gasteiger partial charge in [0.25, 0.3) is 11.5 Å². The summed E-state index contributed by atoms with van der Waals surface area (Å²) in [6, 6.07) is 13.1. The van der Waals surface area contributed by atoms with E-state index in [9.17, 15) is 31.2 Å². The van der Waals surface area contributed by atoms with Crippen LogP contribution in [0.1, 0.15) is 10.4 Å². The molecule has 6 rings (SSSR count). The third kappa shape index (κ3) is 4.78. The molecule has 3 aromatic heterocycles. The van der Waals surface area contributed by atoms with Gasteiger partial charge in [-0.15, -0.1) is 0 Å². The topological polar surface area (TPSA) is 141 Å². The molecule has 0 unspecified atom stereocenters. The number of aromatic amines is 2. The highest BCUT2D eigenvalue weighted by Crippen LogP contribution is 2.41. The van der Waals surface area contributed by atoms with Gasteiger partial charge in [0.2, 0.25) is 10.0 Å². The van der Waals surface area contributed by atoms with E-state index in [-0.39, 0.29) is 61.4 Å². The van der Waals surface area contributed by atoms with Crippen molar-refractivity contribution in [3.8, 4) is 33.8 Å². The Morgan fingerprint density at radius 2 is 1.70 bits per heavy atom. The molecule has 0 aliphatic carbocycles. The van der Waals surface area contributed by atoms with Gasteiger partial charge in [-0.1, -0.05) is 0 Å². The number of halogens is 3. The van der Waals surface area contributed by atoms with Crippen molar-refractivity contribution in [3.63, 3.8) is 0 Å². The van der Waals surface area contributed by atoms with Gasteiger partial charge in [0.15, 0.2) is 11.6 Å². The molecule has 0 atom stereocenters. The smallest absolute Gasteiger partial charge is 0.273 e. The molecular weight excluding hydrogens is 599 g/mol. The summed E-state index contributed by atoms with van der Waals surface area (Å²) < 4.78 is 74.3. The molecule has 3 aromatic carbocycles. The highest BCUT2D eigenvalue weighted by Gasteiger charge is 2.27. The van der Waals surface area contributed by atoms with Gasteiger partial charge in [-0.25, -0.2) is 26.7 Å². The summed E-state index contributed by atoms with van der Waals surface area (Å²) in [5.41, 5.74) is 0.761. The molecule has 0 spiro atoms. The third-order valence-corrected chi connectivity index (χ3v) is 8.46. The van der Waals surface area contributed by atoms with E-state index in [0.717, 1.165) is 16.6 Å². The van der Waals surface area contributed by atoms with E-state index in [2.05, 4.69) is 20.5 Å². The molecule has 1 amide bonds. The Labute approximate surface area is 247 Å². The van der Waals surface area contributed by atoms with Crippen molar-refractivity contribution >= 4 is 43.5 Å². The number of sulfonamides is 1. The number of aromatic nitrogens is 3. The minimum absolute atomic E-state index is 0.00443. The second kappa shape index (κ2) is 10.4. The number of nitrogens with one attached hydrogen (secondary N) is 3. The van der Waals surface area contributed by atoms with Crippen LogP contribution in [0.2, 0.25) is 0 Å². The SMILES string of the molecule is CNC(=O)c1c(-c2ccc(F)cc2)oc2cc(N(C)S(C)(=O)=O)c(-c3cc(-c4cc5c(F)c(F)ccc5[nH]4)c(=O)[nH]n3)cc12. The van der Waals surface area contributed by atoms with Gasteiger partial charge < -0.3 is 14.7 Å². The van der Waals surface area contributed by atoms with Crippen molar-refractivity contribution in [1.29, 1.82) is 0 Å². The first-order valence-corrected chi connectivity index (χ1v) is 14.8. The summed E-state index contributed by atoms with van der Waals surface area (Å²) in [5.74, 6) is -3.04. The molecule has 0 aliphatic heterocycles. The van der Waals surface area contributed by atoms with E-state index in [1.165, 1.54) is 68.7 Å². The van der Waals surface area contributed by atoms with Gasteiger partial charge in [-0.2, -0.15) is 5.10 Å². The number of hydrogen-bond acceptors (Lipinski definition) is 6. The summed E-state index contributed by atoms with van der Waals surface area (Å²) in [7, 11) is -1.11. The fourth-order valence-electron chi connectivity index (χ4n) is 4.96. The molecule has 0 radical (unpaired) electrons. The Morgan fingerprint density at radius 1 is 0.977 bits per heavy atom. The van der Waals surface area contributed by atoms with Crippen molar-refractivity contribution in [1.82, 2.24) is 20.5 Å². The maximum atomic E-state index is 14.4. The summed E-state index contributed by atoms with van der Waals surface area (Å²) in [6.45, 7) is 0. The quantitative estimate of drug-likeness (QED) is 0.234. The van der Waals surface area contributed by atoms with Crippen LogP contribution in [-0.4, -0.2) is 49.9 Å². The Bertz CT molecular complexity index is 2290. The van der Waals surface area contributed by atoms with Gasteiger partial charge in [-0.3, -0.25) is 13.9 Å². The molecule has 10 nitrogen and oxygen atoms in total. The fraction of sp³-hybridized carbons (Fsp3) is 0.100. The third-order valence-electron chi connectivity index (χ3n) is 7.26. The van der Waals surface area contributed by atoms with Gasteiger partial charge >= 0.3 is 0 Å². The van der Waals surface area contributed by atoms with E-state index in [1.54, 1.807) is 0 Å². The van der Waals surface area contributed by atoms with Crippen LogP contribution in [0.3, 0.4) is 0 Å². The predicted molar refractivity (Wildman–Crippen MR) is 159 cm³/mol. The lowest BCUT2D eigenvalue weighted by atomic mass is 10.00. The van der Waals surface area contributed by atoms with Gasteiger partial charge in [0.05, 0.1) is 34.5 Å². The van der Waals surface area contributed by atoms with Gasteiger partial charge in [0.1, 0.15) is 17.2 Å². The van der Waals surface area contributed by atoms with E-state index in [4.69, 9.17) is 4.42 Å². The van der Waals surface area contributed by atoms with Crippen LogP contribution >= 0.6 is 0 Å². The number of amides is 1. The fourth-order valence-corrected chi connectivity index (χ4v) is 5.47. The largest absolute Gasteiger partial charge is 0.455 e. The number of rotatable bonds is 6. The number of carbonyl (C=O) groups is 1. The first kappa shape index (κ1) is 28.7. The number of H-pyrrole nitrogens is 2. The number of anilines is 1. The molecule has 0 saturated heterocycles. The minimum atomic E-state index is -3.85. The van der Waals surface area contributed by atoms with Crippen LogP contribution in [0.5, 0.6) is 0 Å². The van der Waals surface area contributed by atoms with Crippen molar-refractivity contribution in [2.24, 2.45) is 0 Å². The van der Waals surface area contributed by atoms with Crippen LogP contribution in [0.4, 0.5) is 18.9 Å². The maximum Gasteiger partial charge on any atom is 0.273 e. The summed E-state index contributed by atoms with van der Waals surface area (Å²) in [6.07, 6.45) is 0.993. The average molecular weight is 622 g/mol. The number of fused-ring (bicyclic) bond motifs is 2. The lowest BCUT2D eigenvalue weighted by molar-refractivity contribution is 0.0964. The van der Waals surface area contributed by atoms with Crippen molar-refractivity contribution in [3.05, 3.63) is 94.0 Å². The van der Waals surface area contributed by atoms with Crippen LogP contribution in [0.15, 0.2) is 69.9 Å². The lowest BCUT2D eigenvalue weighted by Gasteiger charge is -2.20. The average Bonchev–Trinajstić information content (AvgIpc) is 3.60. The van der Waals surface area contributed by atoms with Crippen LogP contribution < -0.4 is 15.2 Å². The Hall–Kier alpha value is -5.37. The first-order valence-electron chi connectivity index (χ1n) is 13.0. The zero-order valence-electron chi connectivity index (χ0n) is 23.3. The molecule has 0 aliphatic rings. The molecule has 0 saturated carbocycles. The molecule has 44 heavy (non-hydrogen) atoms. The number of furan rings is 1.